The Hall–Kier alpha value is -1.69. The Bertz CT molecular complexity index is 450. The highest BCUT2D eigenvalue weighted by atomic mass is 19.1. The van der Waals surface area contributed by atoms with Crippen LogP contribution in [0, 0.1) is 11.6 Å². The van der Waals surface area contributed by atoms with E-state index in [1.165, 1.54) is 0 Å². The predicted molar refractivity (Wildman–Crippen MR) is 64.0 cm³/mol. The molecule has 1 aromatic rings. The van der Waals surface area contributed by atoms with Crippen molar-refractivity contribution in [3.8, 4) is 0 Å². The Labute approximate surface area is 104 Å². The molecule has 0 aliphatic carbocycles. The van der Waals surface area contributed by atoms with Crippen LogP contribution < -0.4 is 11.1 Å². The van der Waals surface area contributed by atoms with Crippen LogP contribution >= 0.6 is 0 Å². The molecular formula is C12H16F2N2O2. The normalized spacial score (nSPS) is 14.1. The van der Waals surface area contributed by atoms with E-state index in [2.05, 4.69) is 5.32 Å². The third kappa shape index (κ3) is 3.40. The van der Waals surface area contributed by atoms with E-state index >= 15 is 0 Å². The van der Waals surface area contributed by atoms with Gasteiger partial charge in [-0.15, -0.1) is 0 Å². The molecule has 0 fully saturated rings. The lowest BCUT2D eigenvalue weighted by Crippen LogP contribution is -2.35. The van der Waals surface area contributed by atoms with E-state index in [1.54, 1.807) is 13.8 Å². The summed E-state index contributed by atoms with van der Waals surface area (Å²) in [6.45, 7) is 3.19. The Balaban J connectivity index is 2.88. The van der Waals surface area contributed by atoms with Crippen LogP contribution in [0.25, 0.3) is 0 Å². The second-order valence-corrected chi connectivity index (χ2v) is 4.28. The summed E-state index contributed by atoms with van der Waals surface area (Å²) in [5.74, 6) is -2.93. The fraction of sp³-hybridized carbons (Fsp3) is 0.417. The Morgan fingerprint density at radius 2 is 2.06 bits per heavy atom. The summed E-state index contributed by atoms with van der Waals surface area (Å²) in [4.78, 5) is 11.7. The zero-order chi connectivity index (χ0) is 13.9. The van der Waals surface area contributed by atoms with Gasteiger partial charge in [-0.2, -0.15) is 0 Å². The third-order valence-electron chi connectivity index (χ3n) is 2.42. The van der Waals surface area contributed by atoms with Crippen molar-refractivity contribution in [2.45, 2.75) is 32.4 Å². The van der Waals surface area contributed by atoms with Crippen molar-refractivity contribution in [3.05, 3.63) is 29.3 Å². The van der Waals surface area contributed by atoms with Gasteiger partial charge in [-0.25, -0.2) is 8.78 Å². The van der Waals surface area contributed by atoms with Gasteiger partial charge in [0.05, 0.1) is 11.8 Å². The summed E-state index contributed by atoms with van der Waals surface area (Å²) in [6.07, 6.45) is -0.326. The van der Waals surface area contributed by atoms with Gasteiger partial charge in [-0.1, -0.05) is 0 Å². The second-order valence-electron chi connectivity index (χ2n) is 4.28. The van der Waals surface area contributed by atoms with E-state index in [9.17, 15) is 13.6 Å². The minimum Gasteiger partial charge on any atom is -0.396 e. The first-order valence-corrected chi connectivity index (χ1v) is 5.55. The van der Waals surface area contributed by atoms with E-state index in [4.69, 9.17) is 10.8 Å². The standard InChI is InChI=1S/C12H16F2N2O2/c1-6(5-7(2)17)16-12(18)10-8(13)3-4-9(15)11(10)14/h3-4,6-7,17H,5,15H2,1-2H3,(H,16,18). The summed E-state index contributed by atoms with van der Waals surface area (Å²) < 4.78 is 26.9. The minimum absolute atomic E-state index is 0.287. The van der Waals surface area contributed by atoms with Crippen LogP contribution in [0.5, 0.6) is 0 Å². The first-order chi connectivity index (χ1) is 8.32. The summed E-state index contributed by atoms with van der Waals surface area (Å²) in [6, 6.07) is 1.59. The first kappa shape index (κ1) is 14.4. The van der Waals surface area contributed by atoms with Crippen LogP contribution in [0.1, 0.15) is 30.6 Å². The molecule has 0 saturated carbocycles. The Kier molecular flexibility index (Phi) is 4.61. The number of aliphatic hydroxyl groups is 1. The quantitative estimate of drug-likeness (QED) is 0.715. The van der Waals surface area contributed by atoms with Gasteiger partial charge in [0.15, 0.2) is 5.82 Å². The number of amides is 1. The molecule has 0 saturated heterocycles. The van der Waals surface area contributed by atoms with Crippen molar-refractivity contribution < 1.29 is 18.7 Å². The molecule has 0 heterocycles. The highest BCUT2D eigenvalue weighted by Gasteiger charge is 2.21. The summed E-state index contributed by atoms with van der Waals surface area (Å²) in [5, 5.41) is 11.5. The zero-order valence-electron chi connectivity index (χ0n) is 10.2. The van der Waals surface area contributed by atoms with Crippen LogP contribution in [-0.2, 0) is 0 Å². The van der Waals surface area contributed by atoms with Crippen LogP contribution in [0.2, 0.25) is 0 Å². The molecule has 1 aromatic carbocycles. The maximum absolute atomic E-state index is 13.6. The number of nitrogen functional groups attached to an aromatic ring is 1. The number of anilines is 1. The molecule has 0 radical (unpaired) electrons. The molecule has 0 aliphatic rings. The maximum Gasteiger partial charge on any atom is 0.257 e. The maximum atomic E-state index is 13.6. The van der Waals surface area contributed by atoms with Crippen LogP contribution in [0.3, 0.4) is 0 Å². The van der Waals surface area contributed by atoms with Gasteiger partial charge in [0.25, 0.3) is 5.91 Å². The highest BCUT2D eigenvalue weighted by molar-refractivity contribution is 5.95. The average Bonchev–Trinajstić information content (AvgIpc) is 2.22. The smallest absolute Gasteiger partial charge is 0.257 e. The molecule has 6 heteroatoms. The number of nitrogens with two attached hydrogens (primary N) is 1. The number of aliphatic hydroxyl groups excluding tert-OH is 1. The van der Waals surface area contributed by atoms with Crippen molar-refractivity contribution in [2.75, 3.05) is 5.73 Å². The largest absolute Gasteiger partial charge is 0.396 e. The third-order valence-corrected chi connectivity index (χ3v) is 2.42. The number of halogens is 2. The van der Waals surface area contributed by atoms with Gasteiger partial charge in [-0.05, 0) is 32.4 Å². The molecule has 0 bridgehead atoms. The van der Waals surface area contributed by atoms with Crippen LogP contribution in [0.4, 0.5) is 14.5 Å². The van der Waals surface area contributed by atoms with Gasteiger partial charge < -0.3 is 16.2 Å². The monoisotopic (exact) mass is 258 g/mol. The lowest BCUT2D eigenvalue weighted by molar-refractivity contribution is 0.0915. The summed E-state index contributed by atoms with van der Waals surface area (Å²) >= 11 is 0. The van der Waals surface area contributed by atoms with Crippen LogP contribution in [0.15, 0.2) is 12.1 Å². The number of hydrogen-bond acceptors (Lipinski definition) is 3. The van der Waals surface area contributed by atoms with E-state index in [1.807, 2.05) is 0 Å². The molecule has 0 aromatic heterocycles. The number of benzene rings is 1. The highest BCUT2D eigenvalue weighted by Crippen LogP contribution is 2.18. The zero-order valence-corrected chi connectivity index (χ0v) is 10.2. The second kappa shape index (κ2) is 5.77. The van der Waals surface area contributed by atoms with Gasteiger partial charge in [0.2, 0.25) is 0 Å². The molecule has 18 heavy (non-hydrogen) atoms. The molecule has 0 aliphatic heterocycles. The van der Waals surface area contributed by atoms with E-state index in [0.717, 1.165) is 12.1 Å². The number of carbonyl (C=O) groups excluding carboxylic acids is 1. The molecule has 2 atom stereocenters. The molecule has 1 rings (SSSR count). The molecule has 0 spiro atoms. The lowest BCUT2D eigenvalue weighted by atomic mass is 10.1. The molecule has 4 N–H and O–H groups in total. The average molecular weight is 258 g/mol. The molecule has 1 amide bonds. The molecule has 4 nitrogen and oxygen atoms in total. The van der Waals surface area contributed by atoms with Crippen molar-refractivity contribution in [3.63, 3.8) is 0 Å². The van der Waals surface area contributed by atoms with Crippen molar-refractivity contribution in [2.24, 2.45) is 0 Å². The van der Waals surface area contributed by atoms with Gasteiger partial charge in [0, 0.05) is 6.04 Å². The van der Waals surface area contributed by atoms with Gasteiger partial charge >= 0.3 is 0 Å². The van der Waals surface area contributed by atoms with Crippen LogP contribution in [-0.4, -0.2) is 23.2 Å². The molecule has 100 valence electrons. The van der Waals surface area contributed by atoms with E-state index in [-0.39, 0.29) is 12.1 Å². The minimum atomic E-state index is -1.07. The van der Waals surface area contributed by atoms with Gasteiger partial charge in [0.1, 0.15) is 11.4 Å². The molecular weight excluding hydrogens is 242 g/mol. The van der Waals surface area contributed by atoms with Gasteiger partial charge in [-0.3, -0.25) is 4.79 Å². The number of carbonyl (C=O) groups is 1. The van der Waals surface area contributed by atoms with Crippen molar-refractivity contribution in [1.29, 1.82) is 0 Å². The predicted octanol–water partition coefficient (Wildman–Crippen LogP) is 1.44. The number of rotatable bonds is 4. The number of nitrogens with one attached hydrogen (secondary N) is 1. The first-order valence-electron chi connectivity index (χ1n) is 5.55. The SMILES string of the molecule is CC(O)CC(C)NC(=O)c1c(F)ccc(N)c1F. The fourth-order valence-electron chi connectivity index (χ4n) is 1.64. The Morgan fingerprint density at radius 3 is 2.61 bits per heavy atom. The Morgan fingerprint density at radius 1 is 1.44 bits per heavy atom. The van der Waals surface area contributed by atoms with Crippen molar-refractivity contribution in [1.82, 2.24) is 5.32 Å². The lowest BCUT2D eigenvalue weighted by Gasteiger charge is -2.16. The molecule has 2 unspecified atom stereocenters. The van der Waals surface area contributed by atoms with E-state index < -0.39 is 35.3 Å². The topological polar surface area (TPSA) is 75.3 Å². The van der Waals surface area contributed by atoms with E-state index in [0.29, 0.717) is 0 Å². The summed E-state index contributed by atoms with van der Waals surface area (Å²) in [7, 11) is 0. The fourth-order valence-corrected chi connectivity index (χ4v) is 1.64. The van der Waals surface area contributed by atoms with Crippen molar-refractivity contribution >= 4 is 11.6 Å². The number of hydrogen-bond donors (Lipinski definition) is 3. The summed E-state index contributed by atoms with van der Waals surface area (Å²) in [5.41, 5.74) is 4.29.